The third kappa shape index (κ3) is 3.41. The Morgan fingerprint density at radius 1 is 1.40 bits per heavy atom. The van der Waals surface area contributed by atoms with Gasteiger partial charge >= 0.3 is 0 Å². The van der Waals surface area contributed by atoms with Crippen molar-refractivity contribution in [2.24, 2.45) is 0 Å². The molecule has 4 nitrogen and oxygen atoms in total. The van der Waals surface area contributed by atoms with Gasteiger partial charge in [-0.15, -0.1) is 0 Å². The SMILES string of the molecule is CCNCc1cnc(C)n1Cc1cc(Br)ccc1OC. The van der Waals surface area contributed by atoms with Crippen molar-refractivity contribution >= 4 is 15.9 Å². The molecule has 0 amide bonds. The second-order valence-corrected chi connectivity index (χ2v) is 5.54. The largest absolute Gasteiger partial charge is 0.496 e. The van der Waals surface area contributed by atoms with E-state index < -0.39 is 0 Å². The van der Waals surface area contributed by atoms with Crippen molar-refractivity contribution in [3.8, 4) is 5.75 Å². The van der Waals surface area contributed by atoms with E-state index in [1.54, 1.807) is 7.11 Å². The number of imidazole rings is 1. The number of ether oxygens (including phenoxy) is 1. The zero-order valence-electron chi connectivity index (χ0n) is 12.1. The number of benzene rings is 1. The summed E-state index contributed by atoms with van der Waals surface area (Å²) in [6.45, 7) is 6.66. The summed E-state index contributed by atoms with van der Waals surface area (Å²) in [6.07, 6.45) is 1.93. The maximum absolute atomic E-state index is 5.44. The Morgan fingerprint density at radius 3 is 2.90 bits per heavy atom. The Balaban J connectivity index is 2.29. The molecule has 1 aromatic heterocycles. The lowest BCUT2D eigenvalue weighted by Gasteiger charge is -2.14. The van der Waals surface area contributed by atoms with E-state index in [2.05, 4.69) is 43.8 Å². The van der Waals surface area contributed by atoms with E-state index in [0.717, 1.165) is 41.2 Å². The van der Waals surface area contributed by atoms with Gasteiger partial charge in [0.25, 0.3) is 0 Å². The van der Waals surface area contributed by atoms with E-state index in [0.29, 0.717) is 0 Å². The summed E-state index contributed by atoms with van der Waals surface area (Å²) >= 11 is 3.52. The van der Waals surface area contributed by atoms with Crippen molar-refractivity contribution in [2.75, 3.05) is 13.7 Å². The van der Waals surface area contributed by atoms with Crippen LogP contribution in [0.1, 0.15) is 24.0 Å². The molecule has 1 heterocycles. The van der Waals surface area contributed by atoms with Crippen LogP contribution >= 0.6 is 15.9 Å². The molecular formula is C15H20BrN3O. The highest BCUT2D eigenvalue weighted by Gasteiger charge is 2.10. The molecule has 0 radical (unpaired) electrons. The molecule has 2 rings (SSSR count). The molecular weight excluding hydrogens is 318 g/mol. The van der Waals surface area contributed by atoms with Crippen LogP contribution in [-0.2, 0) is 13.1 Å². The van der Waals surface area contributed by atoms with Crippen LogP contribution in [0.25, 0.3) is 0 Å². The second-order valence-electron chi connectivity index (χ2n) is 4.62. The second kappa shape index (κ2) is 6.90. The van der Waals surface area contributed by atoms with E-state index in [9.17, 15) is 0 Å². The fraction of sp³-hybridized carbons (Fsp3) is 0.400. The molecule has 0 fully saturated rings. The highest BCUT2D eigenvalue weighted by Crippen LogP contribution is 2.24. The molecule has 0 bridgehead atoms. The minimum Gasteiger partial charge on any atom is -0.496 e. The van der Waals surface area contributed by atoms with Crippen LogP contribution in [-0.4, -0.2) is 23.2 Å². The van der Waals surface area contributed by atoms with E-state index in [1.807, 2.05) is 25.3 Å². The van der Waals surface area contributed by atoms with E-state index in [-0.39, 0.29) is 0 Å². The monoisotopic (exact) mass is 337 g/mol. The van der Waals surface area contributed by atoms with Crippen molar-refractivity contribution < 1.29 is 4.74 Å². The first kappa shape index (κ1) is 15.1. The standard InChI is InChI=1S/C15H20BrN3O/c1-4-17-8-14-9-18-11(2)19(14)10-12-7-13(16)5-6-15(12)20-3/h5-7,9,17H,4,8,10H2,1-3H3. The maximum Gasteiger partial charge on any atom is 0.123 e. The van der Waals surface area contributed by atoms with Crippen molar-refractivity contribution in [3.05, 3.63) is 46.0 Å². The Morgan fingerprint density at radius 2 is 2.20 bits per heavy atom. The number of aromatic nitrogens is 2. The van der Waals surface area contributed by atoms with Gasteiger partial charge in [0.15, 0.2) is 0 Å². The fourth-order valence-corrected chi connectivity index (χ4v) is 2.57. The highest BCUT2D eigenvalue weighted by molar-refractivity contribution is 9.10. The lowest BCUT2D eigenvalue weighted by atomic mass is 10.2. The van der Waals surface area contributed by atoms with Gasteiger partial charge in [-0.1, -0.05) is 22.9 Å². The van der Waals surface area contributed by atoms with Gasteiger partial charge in [-0.2, -0.15) is 0 Å². The van der Waals surface area contributed by atoms with E-state index in [4.69, 9.17) is 4.74 Å². The first-order chi connectivity index (χ1) is 9.65. The number of nitrogens with zero attached hydrogens (tertiary/aromatic N) is 2. The lowest BCUT2D eigenvalue weighted by molar-refractivity contribution is 0.407. The number of hydrogen-bond acceptors (Lipinski definition) is 3. The van der Waals surface area contributed by atoms with Crippen LogP contribution in [0.5, 0.6) is 5.75 Å². The van der Waals surface area contributed by atoms with Crippen LogP contribution in [0.3, 0.4) is 0 Å². The number of aryl methyl sites for hydroxylation is 1. The first-order valence-electron chi connectivity index (χ1n) is 6.69. The summed E-state index contributed by atoms with van der Waals surface area (Å²) in [7, 11) is 1.70. The topological polar surface area (TPSA) is 39.1 Å². The molecule has 2 aromatic rings. The molecule has 0 aliphatic heterocycles. The summed E-state index contributed by atoms with van der Waals surface area (Å²) in [5.74, 6) is 1.91. The molecule has 0 unspecified atom stereocenters. The average Bonchev–Trinajstić information content (AvgIpc) is 2.78. The Kier molecular flexibility index (Phi) is 5.20. The lowest BCUT2D eigenvalue weighted by Crippen LogP contribution is -2.16. The molecule has 108 valence electrons. The molecule has 0 aliphatic carbocycles. The van der Waals surface area contributed by atoms with Gasteiger partial charge < -0.3 is 14.6 Å². The van der Waals surface area contributed by atoms with Gasteiger partial charge in [0.1, 0.15) is 11.6 Å². The number of nitrogens with one attached hydrogen (secondary N) is 1. The summed E-state index contributed by atoms with van der Waals surface area (Å²) in [5.41, 5.74) is 2.33. The third-order valence-electron chi connectivity index (χ3n) is 3.26. The normalized spacial score (nSPS) is 10.8. The molecule has 0 atom stereocenters. The predicted octanol–water partition coefficient (Wildman–Crippen LogP) is 3.12. The molecule has 5 heteroatoms. The summed E-state index contributed by atoms with van der Waals surface area (Å²) in [4.78, 5) is 4.41. The summed E-state index contributed by atoms with van der Waals surface area (Å²) in [5, 5.41) is 3.34. The van der Waals surface area contributed by atoms with Gasteiger partial charge in [0.2, 0.25) is 0 Å². The Hall–Kier alpha value is -1.33. The smallest absolute Gasteiger partial charge is 0.123 e. The van der Waals surface area contributed by atoms with Gasteiger partial charge in [0.05, 0.1) is 19.3 Å². The zero-order chi connectivity index (χ0) is 14.5. The number of halogens is 1. The van der Waals surface area contributed by atoms with Crippen molar-refractivity contribution in [2.45, 2.75) is 26.9 Å². The van der Waals surface area contributed by atoms with Crippen LogP contribution in [0, 0.1) is 6.92 Å². The van der Waals surface area contributed by atoms with Crippen LogP contribution < -0.4 is 10.1 Å². The van der Waals surface area contributed by atoms with Crippen LogP contribution in [0.15, 0.2) is 28.9 Å². The van der Waals surface area contributed by atoms with Gasteiger partial charge in [-0.25, -0.2) is 4.98 Å². The van der Waals surface area contributed by atoms with Gasteiger partial charge in [0, 0.05) is 22.8 Å². The molecule has 1 aromatic carbocycles. The van der Waals surface area contributed by atoms with Gasteiger partial charge in [-0.05, 0) is 31.7 Å². The molecule has 20 heavy (non-hydrogen) atoms. The van der Waals surface area contributed by atoms with Crippen molar-refractivity contribution in [1.29, 1.82) is 0 Å². The Bertz CT molecular complexity index is 580. The minimum atomic E-state index is 0.759. The molecule has 1 N–H and O–H groups in total. The van der Waals surface area contributed by atoms with Crippen LogP contribution in [0.4, 0.5) is 0 Å². The first-order valence-corrected chi connectivity index (χ1v) is 7.49. The maximum atomic E-state index is 5.44. The quantitative estimate of drug-likeness (QED) is 0.880. The summed E-state index contributed by atoms with van der Waals surface area (Å²) in [6, 6.07) is 6.06. The number of rotatable bonds is 6. The number of methoxy groups -OCH3 is 1. The molecule has 0 spiro atoms. The molecule has 0 aliphatic rings. The average molecular weight is 338 g/mol. The van der Waals surface area contributed by atoms with Crippen molar-refractivity contribution in [1.82, 2.24) is 14.9 Å². The van der Waals surface area contributed by atoms with Gasteiger partial charge in [-0.3, -0.25) is 0 Å². The summed E-state index contributed by atoms with van der Waals surface area (Å²) < 4.78 is 8.71. The molecule has 0 saturated heterocycles. The Labute approximate surface area is 128 Å². The number of hydrogen-bond donors (Lipinski definition) is 1. The van der Waals surface area contributed by atoms with Crippen molar-refractivity contribution in [3.63, 3.8) is 0 Å². The minimum absolute atomic E-state index is 0.759. The molecule has 0 saturated carbocycles. The predicted molar refractivity (Wildman–Crippen MR) is 84.1 cm³/mol. The van der Waals surface area contributed by atoms with E-state index in [1.165, 1.54) is 5.69 Å². The highest BCUT2D eigenvalue weighted by atomic mass is 79.9. The van der Waals surface area contributed by atoms with E-state index >= 15 is 0 Å². The third-order valence-corrected chi connectivity index (χ3v) is 3.76. The van der Waals surface area contributed by atoms with Crippen LogP contribution in [0.2, 0.25) is 0 Å². The fourth-order valence-electron chi connectivity index (χ4n) is 2.17. The zero-order valence-corrected chi connectivity index (χ0v) is 13.7.